The van der Waals surface area contributed by atoms with Crippen LogP contribution in [0.3, 0.4) is 0 Å². The van der Waals surface area contributed by atoms with Gasteiger partial charge >= 0.3 is 5.97 Å². The lowest BCUT2D eigenvalue weighted by molar-refractivity contribution is 0.0566. The van der Waals surface area contributed by atoms with Gasteiger partial charge in [-0.3, -0.25) is 0 Å². The summed E-state index contributed by atoms with van der Waals surface area (Å²) in [4.78, 5) is 15.2. The summed E-state index contributed by atoms with van der Waals surface area (Å²) in [7, 11) is 1.30. The predicted molar refractivity (Wildman–Crippen MR) is 58.0 cm³/mol. The van der Waals surface area contributed by atoms with Crippen LogP contribution in [0, 0.1) is 6.92 Å². The predicted octanol–water partition coefficient (Wildman–Crippen LogP) is 2.44. The highest BCUT2D eigenvalue weighted by atomic mass is 16.5. The van der Waals surface area contributed by atoms with Crippen molar-refractivity contribution in [2.75, 3.05) is 7.11 Å². The van der Waals surface area contributed by atoms with E-state index >= 15 is 0 Å². The lowest BCUT2D eigenvalue weighted by atomic mass is 10.1. The number of carbonyl (C=O) groups excluding carboxylic acids is 1. The molecule has 1 aromatic heterocycles. The lowest BCUT2D eigenvalue weighted by Crippen LogP contribution is -1.98. The SMILES string of the molecule is COC(=O)c1cnc(-c2ccc(C)cc2)o1. The van der Waals surface area contributed by atoms with Gasteiger partial charge in [0.25, 0.3) is 0 Å². The molecule has 0 aliphatic rings. The van der Waals surface area contributed by atoms with Crippen molar-refractivity contribution in [1.82, 2.24) is 4.98 Å². The fourth-order valence-corrected chi connectivity index (χ4v) is 1.30. The quantitative estimate of drug-likeness (QED) is 0.725. The highest BCUT2D eigenvalue weighted by molar-refractivity contribution is 5.86. The molecule has 0 bridgehead atoms. The second-order valence-electron chi connectivity index (χ2n) is 3.39. The summed E-state index contributed by atoms with van der Waals surface area (Å²) in [6.45, 7) is 2.00. The standard InChI is InChI=1S/C12H11NO3/c1-8-3-5-9(6-4-8)11-13-7-10(16-11)12(14)15-2/h3-7H,1-2H3. The van der Waals surface area contributed by atoms with Crippen molar-refractivity contribution < 1.29 is 13.9 Å². The van der Waals surface area contributed by atoms with Crippen molar-refractivity contribution in [3.05, 3.63) is 41.8 Å². The largest absolute Gasteiger partial charge is 0.463 e. The van der Waals surface area contributed by atoms with Gasteiger partial charge in [0.15, 0.2) is 0 Å². The Balaban J connectivity index is 2.31. The molecule has 0 N–H and O–H groups in total. The molecule has 82 valence electrons. The fourth-order valence-electron chi connectivity index (χ4n) is 1.30. The number of aryl methyl sites for hydroxylation is 1. The molecule has 2 aromatic rings. The van der Waals surface area contributed by atoms with Gasteiger partial charge in [0.2, 0.25) is 11.7 Å². The second kappa shape index (κ2) is 4.18. The van der Waals surface area contributed by atoms with E-state index in [0.29, 0.717) is 5.89 Å². The van der Waals surface area contributed by atoms with Crippen LogP contribution in [0.2, 0.25) is 0 Å². The molecule has 4 nitrogen and oxygen atoms in total. The Hall–Kier alpha value is -2.10. The van der Waals surface area contributed by atoms with E-state index in [0.717, 1.165) is 11.1 Å². The Morgan fingerprint density at radius 2 is 2.00 bits per heavy atom. The zero-order valence-corrected chi connectivity index (χ0v) is 9.06. The molecule has 0 radical (unpaired) electrons. The highest BCUT2D eigenvalue weighted by Crippen LogP contribution is 2.19. The molecule has 0 atom stereocenters. The first-order chi connectivity index (χ1) is 7.70. The zero-order valence-electron chi connectivity index (χ0n) is 9.06. The second-order valence-corrected chi connectivity index (χ2v) is 3.39. The molecule has 0 aliphatic carbocycles. The van der Waals surface area contributed by atoms with E-state index in [1.807, 2.05) is 31.2 Å². The van der Waals surface area contributed by atoms with Gasteiger partial charge in [0, 0.05) is 5.56 Å². The minimum atomic E-state index is -0.522. The summed E-state index contributed by atoms with van der Waals surface area (Å²) in [5.41, 5.74) is 1.99. The van der Waals surface area contributed by atoms with Gasteiger partial charge in [0.1, 0.15) is 0 Å². The average Bonchev–Trinajstić information content (AvgIpc) is 2.78. The number of hydrogen-bond donors (Lipinski definition) is 0. The van der Waals surface area contributed by atoms with E-state index in [1.54, 1.807) is 0 Å². The number of rotatable bonds is 2. The average molecular weight is 217 g/mol. The van der Waals surface area contributed by atoms with E-state index in [9.17, 15) is 4.79 Å². The Bertz CT molecular complexity index is 499. The first kappa shape index (κ1) is 10.4. The van der Waals surface area contributed by atoms with Gasteiger partial charge in [-0.2, -0.15) is 0 Å². The molecule has 0 fully saturated rings. The molecular weight excluding hydrogens is 206 g/mol. The fraction of sp³-hybridized carbons (Fsp3) is 0.167. The molecule has 0 spiro atoms. The Morgan fingerprint density at radius 3 is 2.62 bits per heavy atom. The van der Waals surface area contributed by atoms with Gasteiger partial charge in [0.05, 0.1) is 13.3 Å². The van der Waals surface area contributed by atoms with Crippen LogP contribution in [0.5, 0.6) is 0 Å². The van der Waals surface area contributed by atoms with E-state index in [1.165, 1.54) is 13.3 Å². The zero-order chi connectivity index (χ0) is 11.5. The molecule has 1 heterocycles. The first-order valence-corrected chi connectivity index (χ1v) is 4.82. The third-order valence-corrected chi connectivity index (χ3v) is 2.19. The van der Waals surface area contributed by atoms with Crippen LogP contribution in [0.15, 0.2) is 34.9 Å². The van der Waals surface area contributed by atoms with Gasteiger partial charge in [-0.25, -0.2) is 9.78 Å². The summed E-state index contributed by atoms with van der Waals surface area (Å²) in [5.74, 6) is 0.00402. The monoisotopic (exact) mass is 217 g/mol. The number of esters is 1. The van der Waals surface area contributed by atoms with Gasteiger partial charge < -0.3 is 9.15 Å². The number of benzene rings is 1. The number of oxazole rings is 1. The molecule has 0 aliphatic heterocycles. The van der Waals surface area contributed by atoms with Crippen molar-refractivity contribution in [3.63, 3.8) is 0 Å². The Kier molecular flexibility index (Phi) is 2.72. The van der Waals surface area contributed by atoms with Crippen LogP contribution in [0.4, 0.5) is 0 Å². The smallest absolute Gasteiger partial charge is 0.375 e. The van der Waals surface area contributed by atoms with Gasteiger partial charge in [-0.1, -0.05) is 17.7 Å². The third kappa shape index (κ3) is 1.95. The molecule has 0 unspecified atom stereocenters. The summed E-state index contributed by atoms with van der Waals surface area (Å²) >= 11 is 0. The summed E-state index contributed by atoms with van der Waals surface area (Å²) < 4.78 is 9.81. The number of ether oxygens (including phenoxy) is 1. The Labute approximate surface area is 92.9 Å². The Morgan fingerprint density at radius 1 is 1.31 bits per heavy atom. The molecule has 1 aromatic carbocycles. The normalized spacial score (nSPS) is 10.1. The van der Waals surface area contributed by atoms with Crippen molar-refractivity contribution >= 4 is 5.97 Å². The van der Waals surface area contributed by atoms with E-state index < -0.39 is 5.97 Å². The van der Waals surface area contributed by atoms with Crippen molar-refractivity contribution in [3.8, 4) is 11.5 Å². The van der Waals surface area contributed by atoms with Crippen LogP contribution < -0.4 is 0 Å². The van der Waals surface area contributed by atoms with E-state index in [-0.39, 0.29) is 5.76 Å². The van der Waals surface area contributed by atoms with Crippen LogP contribution >= 0.6 is 0 Å². The maximum Gasteiger partial charge on any atom is 0.375 e. The lowest BCUT2D eigenvalue weighted by Gasteiger charge is -1.96. The summed E-state index contributed by atoms with van der Waals surface area (Å²) in [6.07, 6.45) is 1.36. The molecule has 16 heavy (non-hydrogen) atoms. The topological polar surface area (TPSA) is 52.3 Å². The molecule has 4 heteroatoms. The van der Waals surface area contributed by atoms with Crippen LogP contribution in [0.25, 0.3) is 11.5 Å². The van der Waals surface area contributed by atoms with E-state index in [4.69, 9.17) is 4.42 Å². The third-order valence-electron chi connectivity index (χ3n) is 2.19. The van der Waals surface area contributed by atoms with Crippen molar-refractivity contribution in [1.29, 1.82) is 0 Å². The molecule has 0 saturated heterocycles. The maximum absolute atomic E-state index is 11.2. The minimum Gasteiger partial charge on any atom is -0.463 e. The van der Waals surface area contributed by atoms with Gasteiger partial charge in [-0.15, -0.1) is 0 Å². The first-order valence-electron chi connectivity index (χ1n) is 4.82. The molecule has 2 rings (SSSR count). The number of carbonyl (C=O) groups is 1. The van der Waals surface area contributed by atoms with Crippen LogP contribution in [-0.4, -0.2) is 18.1 Å². The van der Waals surface area contributed by atoms with Crippen LogP contribution in [-0.2, 0) is 4.74 Å². The van der Waals surface area contributed by atoms with Crippen molar-refractivity contribution in [2.24, 2.45) is 0 Å². The molecule has 0 amide bonds. The molecule has 0 saturated carbocycles. The number of methoxy groups -OCH3 is 1. The summed E-state index contributed by atoms with van der Waals surface area (Å²) in [6, 6.07) is 7.69. The highest BCUT2D eigenvalue weighted by Gasteiger charge is 2.13. The van der Waals surface area contributed by atoms with Crippen LogP contribution in [0.1, 0.15) is 16.1 Å². The maximum atomic E-state index is 11.2. The number of nitrogens with zero attached hydrogens (tertiary/aromatic N) is 1. The van der Waals surface area contributed by atoms with Crippen molar-refractivity contribution in [2.45, 2.75) is 6.92 Å². The van der Waals surface area contributed by atoms with E-state index in [2.05, 4.69) is 9.72 Å². The van der Waals surface area contributed by atoms with Gasteiger partial charge in [-0.05, 0) is 19.1 Å². The number of hydrogen-bond acceptors (Lipinski definition) is 4. The minimum absolute atomic E-state index is 0.109. The number of aromatic nitrogens is 1. The summed E-state index contributed by atoms with van der Waals surface area (Å²) in [5, 5.41) is 0. The molecular formula is C12H11NO3.